The Balaban J connectivity index is 0.000000140. The zero-order valence-corrected chi connectivity index (χ0v) is 62.5. The van der Waals surface area contributed by atoms with Crippen LogP contribution in [0.2, 0.25) is 50.2 Å². The van der Waals surface area contributed by atoms with E-state index in [4.69, 9.17) is 116 Å². The van der Waals surface area contributed by atoms with Crippen LogP contribution < -0.4 is 10.6 Å². The van der Waals surface area contributed by atoms with Gasteiger partial charge in [-0.1, -0.05) is 135 Å². The molecule has 8 N–H and O–H groups in total. The number of hydrogen-bond acceptors (Lipinski definition) is 17. The molecule has 9 heterocycles. The second-order valence-electron chi connectivity index (χ2n) is 23.1. The molecule has 0 saturated heterocycles. The molecule has 0 saturated carbocycles. The Bertz CT molecular complexity index is 5480. The van der Waals surface area contributed by atoms with Crippen molar-refractivity contribution >= 4 is 182 Å². The Hall–Kier alpha value is -9.33. The summed E-state index contributed by atoms with van der Waals surface area (Å²) in [5.41, 5.74) is 7.75. The van der Waals surface area contributed by atoms with E-state index < -0.39 is 0 Å². The minimum Gasteiger partial charge on any atom is -0.504 e. The number of H-pyrrole nitrogens is 1. The molecule has 14 rings (SSSR count). The summed E-state index contributed by atoms with van der Waals surface area (Å²) in [7, 11) is 5.80. The van der Waals surface area contributed by atoms with E-state index in [1.54, 1.807) is 61.6 Å². The number of pyridine rings is 7. The van der Waals surface area contributed by atoms with Crippen molar-refractivity contribution in [2.45, 2.75) is 32.2 Å². The number of carbonyl (C=O) groups excluding carboxylic acids is 2. The zero-order valence-electron chi connectivity index (χ0n) is 55.0. The number of nitrogens with one attached hydrogen (secondary N) is 3. The second kappa shape index (κ2) is 35.0. The number of benzene rings is 5. The van der Waals surface area contributed by atoms with Crippen LogP contribution >= 0.6 is 116 Å². The van der Waals surface area contributed by atoms with Crippen molar-refractivity contribution < 1.29 is 35.1 Å². The van der Waals surface area contributed by atoms with E-state index in [-0.39, 0.29) is 94.0 Å². The molecule has 0 spiro atoms. The highest BCUT2D eigenvalue weighted by molar-refractivity contribution is 6.42. The van der Waals surface area contributed by atoms with Crippen LogP contribution in [0, 0.1) is 0 Å². The number of aryl methyl sites for hydroxylation is 1. The number of imidazole rings is 2. The lowest BCUT2D eigenvalue weighted by molar-refractivity contribution is 0.0941. The number of rotatable bonds is 13. The molecular weight excluding hydrogens is 1540 g/mol. The highest BCUT2D eigenvalue weighted by Crippen LogP contribution is 2.42. The van der Waals surface area contributed by atoms with Crippen LogP contribution in [0.3, 0.4) is 0 Å². The molecular formula is C73H58Cl10N14O7. The van der Waals surface area contributed by atoms with E-state index >= 15 is 0 Å². The molecule has 2 amide bonds. The summed E-state index contributed by atoms with van der Waals surface area (Å²) in [6.07, 6.45) is 11.6. The monoisotopic (exact) mass is 1590 g/mol. The summed E-state index contributed by atoms with van der Waals surface area (Å²) in [6.45, 7) is 3.57. The molecule has 21 nitrogen and oxygen atoms in total. The van der Waals surface area contributed by atoms with E-state index in [9.17, 15) is 35.1 Å². The molecule has 14 aromatic rings. The van der Waals surface area contributed by atoms with Crippen LogP contribution in [0.4, 0.5) is 0 Å². The average Bonchev–Trinajstić information content (AvgIpc) is 0.990. The molecule has 0 aliphatic carbocycles. The number of aromatic amines is 1. The van der Waals surface area contributed by atoms with E-state index in [1.165, 1.54) is 30.3 Å². The smallest absolute Gasteiger partial charge is 0.269 e. The third kappa shape index (κ3) is 18.8. The number of fused-ring (bicyclic) bond motifs is 5. The van der Waals surface area contributed by atoms with Crippen molar-refractivity contribution in [3.8, 4) is 40.1 Å². The quantitative estimate of drug-likeness (QED) is 0.0532. The lowest BCUT2D eigenvalue weighted by Crippen LogP contribution is -2.26. The van der Waals surface area contributed by atoms with Gasteiger partial charge in [-0.25, -0.2) is 34.9 Å². The summed E-state index contributed by atoms with van der Waals surface area (Å²) in [4.78, 5) is 67.6. The van der Waals surface area contributed by atoms with Crippen LogP contribution in [-0.4, -0.2) is 124 Å². The third-order valence-corrected chi connectivity index (χ3v) is 18.5. The average molecular weight is 1600 g/mol. The predicted octanol–water partition coefficient (Wildman–Crippen LogP) is 18.3. The summed E-state index contributed by atoms with van der Waals surface area (Å²) in [5, 5.41) is 61.5. The Kier molecular flexibility index (Phi) is 26.0. The highest BCUT2D eigenvalue weighted by Gasteiger charge is 2.20. The molecule has 31 heteroatoms. The molecule has 104 heavy (non-hydrogen) atoms. The van der Waals surface area contributed by atoms with Gasteiger partial charge in [0.05, 0.1) is 91.4 Å². The fraction of sp³-hybridized carbons (Fsp3) is 0.137. The van der Waals surface area contributed by atoms with Gasteiger partial charge < -0.3 is 50.6 Å². The van der Waals surface area contributed by atoms with E-state index in [1.807, 2.05) is 110 Å². The Morgan fingerprint density at radius 2 is 0.913 bits per heavy atom. The number of aromatic hydroxyl groups is 5. The number of phenols is 5. The van der Waals surface area contributed by atoms with Gasteiger partial charge in [-0.15, -0.1) is 0 Å². The van der Waals surface area contributed by atoms with Crippen molar-refractivity contribution in [3.05, 3.63) is 255 Å². The predicted molar refractivity (Wildman–Crippen MR) is 413 cm³/mol. The van der Waals surface area contributed by atoms with E-state index in [2.05, 4.69) is 60.5 Å². The fourth-order valence-electron chi connectivity index (χ4n) is 10.2. The maximum atomic E-state index is 12.2. The SMILES string of the molecule is CC(c1ccccn1)c1ccc2c(Cl)cc(Cl)c(O)c2n1.CN(C)Cc1ccc2c(Cl)cc(Cl)c(O)c2n1.Cn1cnc(CCNC(=O)c2ccc3c(Cl)cc(Cl)c(O)c3n2)c1.O=C(NCCc1cnc[nH]1)c1ccc2c(Cl)cc(Cl)c(O)c2n1.Oc1c(Cl)cc(Cl)c2ccc(-c3ccccn3)nc12. The normalized spacial score (nSPS) is 11.3. The van der Waals surface area contributed by atoms with Gasteiger partial charge in [-0.05, 0) is 129 Å². The number of halogens is 10. The third-order valence-electron chi connectivity index (χ3n) is 15.5. The Morgan fingerprint density at radius 1 is 0.471 bits per heavy atom. The van der Waals surface area contributed by atoms with E-state index in [0.29, 0.717) is 107 Å². The van der Waals surface area contributed by atoms with E-state index in [0.717, 1.165) is 34.2 Å². The molecule has 0 fully saturated rings. The molecule has 0 bridgehead atoms. The number of hydrogen-bond donors (Lipinski definition) is 8. The van der Waals surface area contributed by atoms with Crippen molar-refractivity contribution in [2.75, 3.05) is 27.2 Å². The van der Waals surface area contributed by atoms with Crippen LogP contribution in [0.5, 0.6) is 28.7 Å². The van der Waals surface area contributed by atoms with Crippen molar-refractivity contribution in [1.29, 1.82) is 0 Å². The lowest BCUT2D eigenvalue weighted by atomic mass is 10.0. The van der Waals surface area contributed by atoms with Gasteiger partial charge in [0.1, 0.15) is 39.0 Å². The summed E-state index contributed by atoms with van der Waals surface area (Å²) < 4.78 is 1.85. The second-order valence-corrected chi connectivity index (χ2v) is 27.2. The molecule has 1 atom stereocenters. The van der Waals surface area contributed by atoms with Crippen molar-refractivity contribution in [2.24, 2.45) is 7.05 Å². The van der Waals surface area contributed by atoms with Crippen LogP contribution in [0.1, 0.15) is 62.3 Å². The van der Waals surface area contributed by atoms with Crippen molar-refractivity contribution in [3.63, 3.8) is 0 Å². The zero-order chi connectivity index (χ0) is 74.6. The van der Waals surface area contributed by atoms with Gasteiger partial charge in [-0.2, -0.15) is 0 Å². The van der Waals surface area contributed by atoms with Crippen LogP contribution in [0.15, 0.2) is 165 Å². The summed E-state index contributed by atoms with van der Waals surface area (Å²) in [6, 6.07) is 36.2. The standard InChI is InChI=1S/C16H14Cl2N4O2.C16H12Cl2N2O.C15H12Cl2N4O2.C14H8Cl2N2O.C12H12Cl2N2O/c1-22-7-9(20-8-22)4-5-19-16(24)13-3-2-10-11(17)6-12(18)15(23)14(10)21-13;1-9(13-4-2-3-7-19-13)14-6-5-10-11(17)8-12(18)16(21)15(10)20-14;16-10-5-11(17)14(22)13-9(10)1-2-12(21-13)15(23)19-4-3-8-6-18-7-20-8;15-9-7-10(16)14(19)13-8(9)4-5-12(18-13)11-3-1-2-6-17-11;1-16(2)6-7-3-4-8-9(13)5-10(14)12(17)11(8)15-7/h2-3,6-8,23H,4-5H2,1H3,(H,19,24);2-9,21H,1H3;1-2,5-7,22H,3-4H2,(H,18,20)(H,19,23);1-7,19H;3-5,17H,6H2,1-2H3. The Labute approximate surface area is 643 Å². The largest absolute Gasteiger partial charge is 0.504 e. The topological polar surface area (TPSA) is 299 Å². The fourth-order valence-corrected chi connectivity index (χ4v) is 12.8. The number of phenolic OH excluding ortho intramolecular Hbond substituents is 5. The van der Waals surface area contributed by atoms with Gasteiger partial charge in [0.25, 0.3) is 11.8 Å². The minimum absolute atomic E-state index is 0.00718. The first-order chi connectivity index (χ1) is 49.7. The Morgan fingerprint density at radius 3 is 1.36 bits per heavy atom. The first-order valence-electron chi connectivity index (χ1n) is 31.1. The molecule has 9 aromatic heterocycles. The number of amides is 2. The van der Waals surface area contributed by atoms with Crippen LogP contribution in [-0.2, 0) is 26.4 Å². The van der Waals surface area contributed by atoms with Gasteiger partial charge in [-0.3, -0.25) is 19.6 Å². The molecule has 0 aliphatic rings. The van der Waals surface area contributed by atoms with Gasteiger partial charge in [0.2, 0.25) is 0 Å². The molecule has 1 unspecified atom stereocenters. The first-order valence-corrected chi connectivity index (χ1v) is 34.9. The van der Waals surface area contributed by atoms with Gasteiger partial charge >= 0.3 is 0 Å². The van der Waals surface area contributed by atoms with Crippen LogP contribution in [0.25, 0.3) is 65.9 Å². The maximum Gasteiger partial charge on any atom is 0.269 e. The van der Waals surface area contributed by atoms with Crippen molar-refractivity contribution in [1.82, 2.24) is 69.9 Å². The summed E-state index contributed by atoms with van der Waals surface area (Å²) in [5.74, 6) is -1.22. The van der Waals surface area contributed by atoms with Gasteiger partial charge in [0, 0.05) is 109 Å². The molecule has 0 aliphatic heterocycles. The summed E-state index contributed by atoms with van der Waals surface area (Å²) >= 11 is 59.9. The minimum atomic E-state index is -0.345. The number of nitrogens with zero attached hydrogens (tertiary/aromatic N) is 11. The first kappa shape index (κ1) is 77.3. The molecule has 0 radical (unpaired) electrons. The van der Waals surface area contributed by atoms with Gasteiger partial charge in [0.15, 0.2) is 28.7 Å². The molecule has 532 valence electrons. The maximum absolute atomic E-state index is 12.2. The number of carbonyl (C=O) groups is 2. The molecule has 5 aromatic carbocycles. The lowest BCUT2D eigenvalue weighted by Gasteiger charge is -2.12. The highest BCUT2D eigenvalue weighted by atomic mass is 35.5. The number of aromatic nitrogens is 11.